The van der Waals surface area contributed by atoms with Crippen LogP contribution in [0.1, 0.15) is 13.3 Å². The van der Waals surface area contributed by atoms with Crippen LogP contribution in [0.25, 0.3) is 0 Å². The molecular weight excluding hydrogens is 202 g/mol. The van der Waals surface area contributed by atoms with Gasteiger partial charge in [-0.1, -0.05) is 0 Å². The molecule has 1 unspecified atom stereocenters. The van der Waals surface area contributed by atoms with Gasteiger partial charge in [-0.25, -0.2) is 0 Å². The maximum absolute atomic E-state index is 10.8. The van der Waals surface area contributed by atoms with Crippen molar-refractivity contribution in [2.45, 2.75) is 19.4 Å². The van der Waals surface area contributed by atoms with Crippen molar-refractivity contribution in [3.05, 3.63) is 24.3 Å². The first-order valence-electron chi connectivity index (χ1n) is 5.59. The van der Waals surface area contributed by atoms with Crippen molar-refractivity contribution in [2.24, 2.45) is 0 Å². The Hall–Kier alpha value is -1.55. The normalized spacial score (nSPS) is 19.4. The van der Waals surface area contributed by atoms with Crippen molar-refractivity contribution in [3.63, 3.8) is 0 Å². The minimum absolute atomic E-state index is 0.0410. The number of nitrogens with one attached hydrogen (secondary N) is 3. The van der Waals surface area contributed by atoms with E-state index in [9.17, 15) is 4.79 Å². The average Bonchev–Trinajstić information content (AvgIpc) is 2.73. The van der Waals surface area contributed by atoms with E-state index in [1.54, 1.807) is 0 Å². The number of benzene rings is 1. The number of anilines is 2. The van der Waals surface area contributed by atoms with Gasteiger partial charge in [0, 0.05) is 30.9 Å². The molecule has 0 radical (unpaired) electrons. The fourth-order valence-corrected chi connectivity index (χ4v) is 1.87. The third-order valence-corrected chi connectivity index (χ3v) is 2.64. The molecule has 0 saturated carbocycles. The Bertz CT molecular complexity index is 355. The highest BCUT2D eigenvalue weighted by atomic mass is 16.1. The van der Waals surface area contributed by atoms with Crippen LogP contribution in [-0.4, -0.2) is 25.0 Å². The molecule has 0 spiro atoms. The van der Waals surface area contributed by atoms with Gasteiger partial charge in [0.15, 0.2) is 0 Å². The number of hydrogen-bond acceptors (Lipinski definition) is 3. The van der Waals surface area contributed by atoms with Gasteiger partial charge in [0.25, 0.3) is 0 Å². The zero-order valence-electron chi connectivity index (χ0n) is 9.42. The van der Waals surface area contributed by atoms with Crippen LogP contribution in [-0.2, 0) is 4.79 Å². The Balaban J connectivity index is 1.93. The smallest absolute Gasteiger partial charge is 0.221 e. The molecule has 16 heavy (non-hydrogen) atoms. The summed E-state index contributed by atoms with van der Waals surface area (Å²) in [6.45, 7) is 3.62. The Kier molecular flexibility index (Phi) is 3.41. The first-order valence-corrected chi connectivity index (χ1v) is 5.59. The predicted octanol–water partition coefficient (Wildman–Crippen LogP) is 1.42. The van der Waals surface area contributed by atoms with Crippen LogP contribution in [0.3, 0.4) is 0 Å². The lowest BCUT2D eigenvalue weighted by molar-refractivity contribution is -0.114. The van der Waals surface area contributed by atoms with Gasteiger partial charge < -0.3 is 16.0 Å². The lowest BCUT2D eigenvalue weighted by Crippen LogP contribution is -2.21. The molecule has 3 N–H and O–H groups in total. The highest BCUT2D eigenvalue weighted by Gasteiger charge is 2.13. The summed E-state index contributed by atoms with van der Waals surface area (Å²) in [6.07, 6.45) is 1.16. The molecular formula is C12H17N3O. The van der Waals surface area contributed by atoms with Gasteiger partial charge in [0.1, 0.15) is 0 Å². The van der Waals surface area contributed by atoms with Gasteiger partial charge in [-0.2, -0.15) is 0 Å². The molecule has 1 aromatic carbocycles. The quantitative estimate of drug-likeness (QED) is 0.720. The molecule has 4 heteroatoms. The maximum atomic E-state index is 10.8. The number of rotatable bonds is 3. The Morgan fingerprint density at radius 2 is 2.00 bits per heavy atom. The van der Waals surface area contributed by atoms with Crippen LogP contribution >= 0.6 is 0 Å². The van der Waals surface area contributed by atoms with Gasteiger partial charge in [-0.05, 0) is 37.2 Å². The molecule has 4 nitrogen and oxygen atoms in total. The average molecular weight is 219 g/mol. The number of carbonyl (C=O) groups excluding carboxylic acids is 1. The van der Waals surface area contributed by atoms with Crippen molar-refractivity contribution in [2.75, 3.05) is 23.7 Å². The summed E-state index contributed by atoms with van der Waals surface area (Å²) in [4.78, 5) is 10.8. The molecule has 1 atom stereocenters. The van der Waals surface area contributed by atoms with Gasteiger partial charge in [-0.15, -0.1) is 0 Å². The number of hydrogen-bond donors (Lipinski definition) is 3. The van der Waals surface area contributed by atoms with Crippen molar-refractivity contribution < 1.29 is 4.79 Å². The van der Waals surface area contributed by atoms with Crippen molar-refractivity contribution >= 4 is 17.3 Å². The molecule has 2 rings (SSSR count). The molecule has 1 fully saturated rings. The van der Waals surface area contributed by atoms with Crippen molar-refractivity contribution in [3.8, 4) is 0 Å². The summed E-state index contributed by atoms with van der Waals surface area (Å²) in [5, 5.41) is 9.50. The summed E-state index contributed by atoms with van der Waals surface area (Å²) < 4.78 is 0. The van der Waals surface area contributed by atoms with E-state index in [4.69, 9.17) is 0 Å². The largest absolute Gasteiger partial charge is 0.381 e. The lowest BCUT2D eigenvalue weighted by Gasteiger charge is -2.13. The van der Waals surface area contributed by atoms with E-state index in [2.05, 4.69) is 16.0 Å². The summed E-state index contributed by atoms with van der Waals surface area (Å²) >= 11 is 0. The maximum Gasteiger partial charge on any atom is 0.221 e. The van der Waals surface area contributed by atoms with Crippen LogP contribution < -0.4 is 16.0 Å². The van der Waals surface area contributed by atoms with Crippen LogP contribution in [0.15, 0.2) is 24.3 Å². The van der Waals surface area contributed by atoms with Crippen LogP contribution in [0.4, 0.5) is 11.4 Å². The van der Waals surface area contributed by atoms with Crippen LogP contribution in [0, 0.1) is 0 Å². The fourth-order valence-electron chi connectivity index (χ4n) is 1.87. The summed E-state index contributed by atoms with van der Waals surface area (Å²) in [5.74, 6) is -0.0410. The summed E-state index contributed by atoms with van der Waals surface area (Å²) in [5.41, 5.74) is 1.94. The van der Waals surface area contributed by atoms with Gasteiger partial charge in [-0.3, -0.25) is 4.79 Å². The first-order chi connectivity index (χ1) is 7.74. The van der Waals surface area contributed by atoms with E-state index >= 15 is 0 Å². The van der Waals surface area contributed by atoms with E-state index in [1.165, 1.54) is 6.92 Å². The van der Waals surface area contributed by atoms with Crippen molar-refractivity contribution in [1.82, 2.24) is 5.32 Å². The third kappa shape index (κ3) is 2.97. The summed E-state index contributed by atoms with van der Waals surface area (Å²) in [6, 6.07) is 8.32. The molecule has 1 aliphatic heterocycles. The summed E-state index contributed by atoms with van der Waals surface area (Å²) in [7, 11) is 0. The van der Waals surface area contributed by atoms with Crippen LogP contribution in [0.5, 0.6) is 0 Å². The third-order valence-electron chi connectivity index (χ3n) is 2.64. The Labute approximate surface area is 95.4 Å². The lowest BCUT2D eigenvalue weighted by atomic mass is 10.2. The predicted molar refractivity (Wildman–Crippen MR) is 65.6 cm³/mol. The second-order valence-electron chi connectivity index (χ2n) is 4.09. The number of amides is 1. The molecule has 1 aliphatic rings. The molecule has 0 aliphatic carbocycles. The highest BCUT2D eigenvalue weighted by Crippen LogP contribution is 2.15. The van der Waals surface area contributed by atoms with E-state index < -0.39 is 0 Å². The minimum atomic E-state index is -0.0410. The Morgan fingerprint density at radius 3 is 2.56 bits per heavy atom. The minimum Gasteiger partial charge on any atom is -0.381 e. The molecule has 0 bridgehead atoms. The van der Waals surface area contributed by atoms with Crippen LogP contribution in [0.2, 0.25) is 0 Å². The van der Waals surface area contributed by atoms with Gasteiger partial charge in [0.2, 0.25) is 5.91 Å². The van der Waals surface area contributed by atoms with Crippen molar-refractivity contribution in [1.29, 1.82) is 0 Å². The second-order valence-corrected chi connectivity index (χ2v) is 4.09. The monoisotopic (exact) mass is 219 g/mol. The second kappa shape index (κ2) is 4.99. The first kappa shape index (κ1) is 11.0. The van der Waals surface area contributed by atoms with Gasteiger partial charge >= 0.3 is 0 Å². The topological polar surface area (TPSA) is 53.2 Å². The van der Waals surface area contributed by atoms with E-state index in [1.807, 2.05) is 24.3 Å². The molecule has 1 heterocycles. The Morgan fingerprint density at radius 1 is 1.31 bits per heavy atom. The van der Waals surface area contributed by atoms with E-state index in [0.717, 1.165) is 30.9 Å². The molecule has 86 valence electrons. The van der Waals surface area contributed by atoms with Gasteiger partial charge in [0.05, 0.1) is 0 Å². The standard InChI is InChI=1S/C12H17N3O/c1-9(16)14-10-2-4-11(5-3-10)15-12-6-7-13-8-12/h2-5,12-13,15H,6-8H2,1H3,(H,14,16). The molecule has 1 saturated heterocycles. The molecule has 1 aromatic rings. The fraction of sp³-hybridized carbons (Fsp3) is 0.417. The molecule has 0 aromatic heterocycles. The number of carbonyl (C=O) groups is 1. The highest BCUT2D eigenvalue weighted by molar-refractivity contribution is 5.88. The van der Waals surface area contributed by atoms with E-state index in [0.29, 0.717) is 6.04 Å². The zero-order chi connectivity index (χ0) is 11.4. The molecule has 1 amide bonds. The van der Waals surface area contributed by atoms with E-state index in [-0.39, 0.29) is 5.91 Å². The SMILES string of the molecule is CC(=O)Nc1ccc(NC2CCNC2)cc1. The zero-order valence-corrected chi connectivity index (χ0v) is 9.42.